The Hall–Kier alpha value is -0.230. The molecule has 1 aliphatic heterocycles. The zero-order valence-electron chi connectivity index (χ0n) is 9.52. The van der Waals surface area contributed by atoms with Crippen LogP contribution in [0.5, 0.6) is 0 Å². The second-order valence-electron chi connectivity index (χ2n) is 3.80. The Kier molecular flexibility index (Phi) is 4.02. The third kappa shape index (κ3) is 2.78. The highest BCUT2D eigenvalue weighted by molar-refractivity contribution is 7.99. The predicted molar refractivity (Wildman–Crippen MR) is 72.0 cm³/mol. The molecule has 2 rings (SSSR count). The molecule has 0 radical (unpaired) electrons. The highest BCUT2D eigenvalue weighted by Crippen LogP contribution is 2.32. The molecule has 0 atom stereocenters. The Balaban J connectivity index is 2.38. The Bertz CT molecular complexity index is 516. The largest absolute Gasteiger partial charge is 0.214 e. The summed E-state index contributed by atoms with van der Waals surface area (Å²) in [6, 6.07) is 5.70. The normalized spacial score (nSPS) is 17.5. The molecule has 3 nitrogen and oxygen atoms in total. The van der Waals surface area contributed by atoms with Gasteiger partial charge in [0.2, 0.25) is 10.0 Å². The lowest BCUT2D eigenvalue weighted by molar-refractivity contribution is 0.427. The number of sulfonamides is 1. The van der Waals surface area contributed by atoms with Crippen LogP contribution in [0.3, 0.4) is 0 Å². The van der Waals surface area contributed by atoms with E-state index in [0.717, 1.165) is 16.2 Å². The Morgan fingerprint density at radius 2 is 2.24 bits per heavy atom. The average Bonchev–Trinajstić information content (AvgIpc) is 2.53. The maximum Gasteiger partial charge on any atom is 0.214 e. The molecule has 6 heteroatoms. The molecule has 1 aliphatic rings. The molecule has 0 saturated carbocycles. The van der Waals surface area contributed by atoms with Gasteiger partial charge in [-0.05, 0) is 24.6 Å². The van der Waals surface area contributed by atoms with Crippen molar-refractivity contribution in [2.24, 2.45) is 0 Å². The summed E-state index contributed by atoms with van der Waals surface area (Å²) in [5.41, 5.74) is 0.925. The van der Waals surface area contributed by atoms with E-state index in [2.05, 4.69) is 0 Å². The molecule has 0 aromatic heterocycles. The molecular formula is C11H14ClNO2S2. The van der Waals surface area contributed by atoms with Gasteiger partial charge in [0, 0.05) is 28.8 Å². The number of thioether (sulfide) groups is 1. The van der Waals surface area contributed by atoms with Crippen LogP contribution >= 0.6 is 23.4 Å². The second kappa shape index (κ2) is 5.18. The van der Waals surface area contributed by atoms with Gasteiger partial charge in [0.15, 0.2) is 0 Å². The monoisotopic (exact) mass is 291 g/mol. The molecule has 1 aromatic carbocycles. The molecule has 0 aliphatic carbocycles. The fraction of sp³-hybridized carbons (Fsp3) is 0.455. The van der Waals surface area contributed by atoms with Gasteiger partial charge in [-0.25, -0.2) is 8.42 Å². The van der Waals surface area contributed by atoms with Gasteiger partial charge in [0.25, 0.3) is 0 Å². The molecule has 1 heterocycles. The summed E-state index contributed by atoms with van der Waals surface area (Å²) in [5, 5.41) is 0.646. The smallest absolute Gasteiger partial charge is 0.212 e. The van der Waals surface area contributed by atoms with E-state index >= 15 is 0 Å². The van der Waals surface area contributed by atoms with Crippen LogP contribution in [0, 0.1) is 0 Å². The first-order valence-corrected chi connectivity index (χ1v) is 8.40. The maximum absolute atomic E-state index is 11.9. The summed E-state index contributed by atoms with van der Waals surface area (Å²) >= 11 is 7.80. The number of rotatable bonds is 2. The van der Waals surface area contributed by atoms with E-state index < -0.39 is 10.0 Å². The first kappa shape index (κ1) is 13.2. The van der Waals surface area contributed by atoms with Crippen LogP contribution in [0.1, 0.15) is 12.5 Å². The summed E-state index contributed by atoms with van der Waals surface area (Å²) in [6.07, 6.45) is 0. The Morgan fingerprint density at radius 3 is 2.94 bits per heavy atom. The zero-order chi connectivity index (χ0) is 12.5. The Morgan fingerprint density at radius 1 is 1.47 bits per heavy atom. The molecule has 1 aromatic rings. The molecule has 0 N–H and O–H groups in total. The van der Waals surface area contributed by atoms with Gasteiger partial charge >= 0.3 is 0 Å². The van der Waals surface area contributed by atoms with E-state index in [1.54, 1.807) is 18.7 Å². The number of hydrogen-bond acceptors (Lipinski definition) is 3. The second-order valence-corrected chi connectivity index (χ2v) is 7.60. The molecule has 0 unspecified atom stereocenters. The quantitative estimate of drug-likeness (QED) is 0.840. The fourth-order valence-electron chi connectivity index (χ4n) is 1.76. The van der Waals surface area contributed by atoms with Gasteiger partial charge in [0.1, 0.15) is 0 Å². The van der Waals surface area contributed by atoms with E-state index in [1.807, 2.05) is 18.2 Å². The molecule has 0 saturated heterocycles. The van der Waals surface area contributed by atoms with Crippen LogP contribution in [0.4, 0.5) is 0 Å². The van der Waals surface area contributed by atoms with Crippen LogP contribution in [-0.4, -0.2) is 30.8 Å². The number of halogens is 1. The van der Waals surface area contributed by atoms with Crippen molar-refractivity contribution in [3.63, 3.8) is 0 Å². The number of hydrogen-bond donors (Lipinski definition) is 0. The van der Waals surface area contributed by atoms with Crippen molar-refractivity contribution in [1.29, 1.82) is 0 Å². The first-order chi connectivity index (χ1) is 8.04. The zero-order valence-corrected chi connectivity index (χ0v) is 11.9. The van der Waals surface area contributed by atoms with E-state index in [-0.39, 0.29) is 5.75 Å². The minimum Gasteiger partial charge on any atom is -0.212 e. The molecule has 17 heavy (non-hydrogen) atoms. The SMILES string of the molecule is CCS(=O)(=O)N1CCSc2cccc(Cl)c2C1. The third-order valence-corrected chi connectivity index (χ3v) is 6.03. The number of fused-ring (bicyclic) bond motifs is 1. The highest BCUT2D eigenvalue weighted by Gasteiger charge is 2.24. The van der Waals surface area contributed by atoms with Crippen molar-refractivity contribution in [1.82, 2.24) is 4.31 Å². The van der Waals surface area contributed by atoms with E-state index in [4.69, 9.17) is 11.6 Å². The summed E-state index contributed by atoms with van der Waals surface area (Å²) in [4.78, 5) is 1.09. The Labute approximate surface area is 111 Å². The van der Waals surface area contributed by atoms with Crippen molar-refractivity contribution in [2.45, 2.75) is 18.4 Å². The van der Waals surface area contributed by atoms with Gasteiger partial charge < -0.3 is 0 Å². The molecule has 0 spiro atoms. The van der Waals surface area contributed by atoms with Crippen molar-refractivity contribution in [3.05, 3.63) is 28.8 Å². The minimum atomic E-state index is -3.14. The average molecular weight is 292 g/mol. The van der Waals surface area contributed by atoms with Crippen molar-refractivity contribution >= 4 is 33.4 Å². The number of nitrogens with zero attached hydrogens (tertiary/aromatic N) is 1. The number of benzene rings is 1. The molecule has 0 amide bonds. The summed E-state index contributed by atoms with van der Waals surface area (Å²) in [6.45, 7) is 2.60. The van der Waals surface area contributed by atoms with Gasteiger partial charge in [-0.1, -0.05) is 17.7 Å². The van der Waals surface area contributed by atoms with Crippen LogP contribution in [-0.2, 0) is 16.6 Å². The first-order valence-electron chi connectivity index (χ1n) is 5.42. The topological polar surface area (TPSA) is 37.4 Å². The van der Waals surface area contributed by atoms with Crippen LogP contribution in [0.2, 0.25) is 5.02 Å². The third-order valence-electron chi connectivity index (χ3n) is 2.77. The summed E-state index contributed by atoms with van der Waals surface area (Å²) < 4.78 is 25.3. The van der Waals surface area contributed by atoms with Crippen molar-refractivity contribution in [3.8, 4) is 0 Å². The minimum absolute atomic E-state index is 0.136. The molecule has 0 bridgehead atoms. The fourth-order valence-corrected chi connectivity index (χ4v) is 4.28. The predicted octanol–water partition coefficient (Wildman–Crippen LogP) is 2.60. The standard InChI is InChI=1S/C11H14ClNO2S2/c1-2-17(14,15)13-6-7-16-11-5-3-4-10(12)9(11)8-13/h3-5H,2,6-8H2,1H3. The lowest BCUT2D eigenvalue weighted by Gasteiger charge is -2.19. The van der Waals surface area contributed by atoms with Gasteiger partial charge in [-0.2, -0.15) is 4.31 Å². The molecule has 0 fully saturated rings. The van der Waals surface area contributed by atoms with Crippen LogP contribution in [0.15, 0.2) is 23.1 Å². The van der Waals surface area contributed by atoms with Crippen LogP contribution < -0.4 is 0 Å². The summed E-state index contributed by atoms with van der Waals surface area (Å²) in [7, 11) is -3.14. The molecular weight excluding hydrogens is 278 g/mol. The van der Waals surface area contributed by atoms with Gasteiger partial charge in [-0.3, -0.25) is 0 Å². The highest BCUT2D eigenvalue weighted by atomic mass is 35.5. The van der Waals surface area contributed by atoms with Crippen molar-refractivity contribution < 1.29 is 8.42 Å². The van der Waals surface area contributed by atoms with Crippen molar-refractivity contribution in [2.75, 3.05) is 18.1 Å². The molecule has 94 valence electrons. The maximum atomic E-state index is 11.9. The lowest BCUT2D eigenvalue weighted by atomic mass is 10.2. The van der Waals surface area contributed by atoms with E-state index in [0.29, 0.717) is 18.1 Å². The van der Waals surface area contributed by atoms with Gasteiger partial charge in [-0.15, -0.1) is 11.8 Å². The van der Waals surface area contributed by atoms with E-state index in [9.17, 15) is 8.42 Å². The summed E-state index contributed by atoms with van der Waals surface area (Å²) in [5.74, 6) is 0.907. The van der Waals surface area contributed by atoms with E-state index in [1.165, 1.54) is 4.31 Å². The lowest BCUT2D eigenvalue weighted by Crippen LogP contribution is -2.33. The van der Waals surface area contributed by atoms with Gasteiger partial charge in [0.05, 0.1) is 5.75 Å². The van der Waals surface area contributed by atoms with Crippen LogP contribution in [0.25, 0.3) is 0 Å².